The molecule has 0 aromatic rings. The Kier molecular flexibility index (Phi) is 37.5. The minimum atomic E-state index is -5.75. The predicted octanol–water partition coefficient (Wildman–Crippen LogP) is -9.79. The second kappa shape index (κ2) is 15.4. The molecule has 0 saturated carbocycles. The first-order valence-corrected chi connectivity index (χ1v) is 4.81. The first kappa shape index (κ1) is 29.2. The number of hydrogen-bond acceptors (Lipinski definition) is 7. The van der Waals surface area contributed by atoms with Crippen molar-refractivity contribution < 1.29 is 119 Å². The molecule has 0 saturated heterocycles. The van der Waals surface area contributed by atoms with Crippen LogP contribution in [0.3, 0.4) is 0 Å². The Labute approximate surface area is 118 Å². The van der Waals surface area contributed by atoms with E-state index in [0.717, 1.165) is 0 Å². The zero-order valence-corrected chi connectivity index (χ0v) is 12.7. The van der Waals surface area contributed by atoms with Gasteiger partial charge in [-0.3, -0.25) is 0 Å². The summed E-state index contributed by atoms with van der Waals surface area (Å²) in [4.78, 5) is 0. The maximum absolute atomic E-state index is 8.59. The predicted molar refractivity (Wildman–Crippen MR) is 7.05 cm³/mol. The third-order valence-corrected chi connectivity index (χ3v) is 0. The molecule has 0 aliphatic rings. The van der Waals surface area contributed by atoms with E-state index in [1.54, 1.807) is 0 Å². The van der Waals surface area contributed by atoms with E-state index in [4.69, 9.17) is 27.3 Å². The third-order valence-electron chi connectivity index (χ3n) is 0. The van der Waals surface area contributed by atoms with E-state index >= 15 is 0 Å². The van der Waals surface area contributed by atoms with Crippen LogP contribution in [0.2, 0.25) is 0 Å². The fourth-order valence-electron chi connectivity index (χ4n) is 0. The van der Waals surface area contributed by atoms with E-state index in [1.165, 1.54) is 0 Å². The van der Waals surface area contributed by atoms with Gasteiger partial charge in [-0.2, -0.15) is 0 Å². The van der Waals surface area contributed by atoms with Crippen molar-refractivity contribution in [2.24, 2.45) is 0 Å². The molecule has 0 amide bonds. The average molecular weight is 280 g/mol. The average Bonchev–Trinajstić information content (AvgIpc) is 1.19. The van der Waals surface area contributed by atoms with Gasteiger partial charge in [-0.25, -0.2) is 0 Å². The van der Waals surface area contributed by atoms with Crippen LogP contribution in [0.1, 0.15) is 0 Å². The molecule has 0 aromatic carbocycles. The van der Waals surface area contributed by atoms with Gasteiger partial charge in [0, 0.05) is 0 Å². The zero-order chi connectivity index (χ0) is 8.08. The van der Waals surface area contributed by atoms with Gasteiger partial charge in [0.05, 0.1) is 0 Å². The molecule has 0 atom stereocenters. The second-order valence-electron chi connectivity index (χ2n) is 0.612. The van der Waals surface area contributed by atoms with Gasteiger partial charge in [0.2, 0.25) is 0 Å². The Morgan fingerprint density at radius 1 is 0.917 bits per heavy atom. The van der Waals surface area contributed by atoms with E-state index in [-0.39, 0.29) is 64.6 Å². The summed E-state index contributed by atoms with van der Waals surface area (Å²) in [5.74, 6) is 0. The van der Waals surface area contributed by atoms with Crippen molar-refractivity contribution in [3.63, 3.8) is 0 Å². The van der Waals surface area contributed by atoms with Crippen molar-refractivity contribution in [2.45, 2.75) is 0 Å². The molecule has 0 aromatic heterocycles. The van der Waals surface area contributed by atoms with Crippen LogP contribution in [-0.2, 0) is 46.6 Å². The van der Waals surface area contributed by atoms with Gasteiger partial charge in [-0.05, 0) is 0 Å². The molecule has 0 rings (SSSR count). The molecule has 64 valence electrons. The maximum atomic E-state index is 8.59. The third kappa shape index (κ3) is 378. The van der Waals surface area contributed by atoms with Crippen molar-refractivity contribution in [3.05, 3.63) is 0 Å². The van der Waals surface area contributed by atoms with Crippen molar-refractivity contribution in [2.75, 3.05) is 0 Å². The Balaban J connectivity index is -0.0000000221. The quantitative estimate of drug-likeness (QED) is 0.397. The summed E-state index contributed by atoms with van der Waals surface area (Å²) in [5.41, 5.74) is 0. The van der Waals surface area contributed by atoms with Crippen LogP contribution in [0.25, 0.3) is 0 Å². The molecule has 0 radical (unpaired) electrons. The molecular formula is H2Cr2Na2O8. The summed E-state index contributed by atoms with van der Waals surface area (Å²) in [6, 6.07) is 0. The van der Waals surface area contributed by atoms with Gasteiger partial charge in [0.25, 0.3) is 0 Å². The topological polar surface area (TPSA) is 163 Å². The van der Waals surface area contributed by atoms with Crippen molar-refractivity contribution >= 4 is 0 Å². The summed E-state index contributed by atoms with van der Waals surface area (Å²) >= 11 is -9.54. The molecule has 2 N–H and O–H groups in total. The molecule has 8 nitrogen and oxygen atoms in total. The SMILES string of the molecule is O.[Na+].[Na+].[O]=[Cr](=[O])([O-])[O-].[O]=[Cr](=[O])=[O]. The number of rotatable bonds is 0. The van der Waals surface area contributed by atoms with Crippen LogP contribution in [0, 0.1) is 0 Å². The summed E-state index contributed by atoms with van der Waals surface area (Å²) < 4.78 is 60.0. The Bertz CT molecular complexity index is 228. The van der Waals surface area contributed by atoms with Gasteiger partial charge in [-0.15, -0.1) is 0 Å². The normalized spacial score (nSPS) is 6.83. The van der Waals surface area contributed by atoms with Crippen LogP contribution >= 0.6 is 0 Å². The molecule has 0 heterocycles. The first-order chi connectivity index (χ1) is 3.73. The summed E-state index contributed by atoms with van der Waals surface area (Å²) in [5, 5.41) is 0. The molecule has 12 heavy (non-hydrogen) atoms. The number of hydrogen-bond donors (Lipinski definition) is 0. The van der Waals surface area contributed by atoms with E-state index in [0.29, 0.717) is 0 Å². The monoisotopic (exact) mass is 280 g/mol. The van der Waals surface area contributed by atoms with Crippen LogP contribution < -0.4 is 67.4 Å². The van der Waals surface area contributed by atoms with E-state index in [1.807, 2.05) is 0 Å². The van der Waals surface area contributed by atoms with E-state index in [9.17, 15) is 0 Å². The molecule has 0 aliphatic carbocycles. The van der Waals surface area contributed by atoms with Crippen LogP contribution in [0.4, 0.5) is 0 Å². The molecule has 0 unspecified atom stereocenters. The van der Waals surface area contributed by atoms with Crippen LogP contribution in [0.15, 0.2) is 0 Å². The second-order valence-corrected chi connectivity index (χ2v) is 2.52. The molecule has 0 fully saturated rings. The van der Waals surface area contributed by atoms with Crippen LogP contribution in [-0.4, -0.2) is 5.48 Å². The molecular weight excluding hydrogens is 278 g/mol. The Hall–Kier alpha value is 1.94. The molecule has 0 spiro atoms. The van der Waals surface area contributed by atoms with Gasteiger partial charge in [0.15, 0.2) is 0 Å². The van der Waals surface area contributed by atoms with Crippen molar-refractivity contribution in [1.29, 1.82) is 0 Å². The standard InChI is InChI=1S/2Cr.2Na.H2O.7O/h;;;;1H2;;;;;;;/q;;2*+1;;;;;;;2*-1. The van der Waals surface area contributed by atoms with Gasteiger partial charge < -0.3 is 5.48 Å². The van der Waals surface area contributed by atoms with Gasteiger partial charge >= 0.3 is 114 Å². The Morgan fingerprint density at radius 3 is 0.917 bits per heavy atom. The summed E-state index contributed by atoms with van der Waals surface area (Å²) in [6.45, 7) is 0. The molecule has 0 bridgehead atoms. The summed E-state index contributed by atoms with van der Waals surface area (Å²) in [6.07, 6.45) is 0. The summed E-state index contributed by atoms with van der Waals surface area (Å²) in [7, 11) is 0. The first-order valence-electron chi connectivity index (χ1n) is 1.17. The Morgan fingerprint density at radius 2 is 0.917 bits per heavy atom. The van der Waals surface area contributed by atoms with Gasteiger partial charge in [-0.1, -0.05) is 0 Å². The zero-order valence-electron chi connectivity index (χ0n) is 6.17. The minimum absolute atomic E-state index is 0. The van der Waals surface area contributed by atoms with Gasteiger partial charge in [0.1, 0.15) is 0 Å². The van der Waals surface area contributed by atoms with Crippen LogP contribution in [0.5, 0.6) is 0 Å². The van der Waals surface area contributed by atoms with Crippen molar-refractivity contribution in [3.8, 4) is 0 Å². The fraction of sp³-hybridized carbons (Fsp3) is 0. The van der Waals surface area contributed by atoms with E-state index < -0.39 is 27.6 Å². The molecule has 12 heteroatoms. The van der Waals surface area contributed by atoms with Crippen molar-refractivity contribution in [1.82, 2.24) is 0 Å². The fourth-order valence-corrected chi connectivity index (χ4v) is 0. The van der Waals surface area contributed by atoms with E-state index in [2.05, 4.69) is 0 Å². The molecule has 0 aliphatic heterocycles.